The van der Waals surface area contributed by atoms with Crippen molar-refractivity contribution in [2.45, 2.75) is 77.8 Å². The fourth-order valence-electron chi connectivity index (χ4n) is 3.07. The summed E-state index contributed by atoms with van der Waals surface area (Å²) in [6.07, 6.45) is 8.77. The monoisotopic (exact) mass is 258 g/mol. The van der Waals surface area contributed by atoms with Crippen LogP contribution in [-0.2, 0) is 0 Å². The van der Waals surface area contributed by atoms with E-state index in [9.17, 15) is 0 Å². The smallest absolute Gasteiger partial charge is 0.223 e. The summed E-state index contributed by atoms with van der Waals surface area (Å²) in [4.78, 5) is 0. The first-order valence-corrected chi connectivity index (χ1v) is 7.88. The summed E-state index contributed by atoms with van der Waals surface area (Å²) in [5, 5.41) is 0. The van der Waals surface area contributed by atoms with E-state index < -0.39 is 0 Å². The van der Waals surface area contributed by atoms with E-state index in [1.807, 2.05) is 0 Å². The van der Waals surface area contributed by atoms with E-state index in [1.54, 1.807) is 11.1 Å². The van der Waals surface area contributed by atoms with Gasteiger partial charge in [0.05, 0.1) is 6.42 Å². The van der Waals surface area contributed by atoms with Gasteiger partial charge in [-0.3, -0.25) is 0 Å². The lowest BCUT2D eigenvalue weighted by Gasteiger charge is -2.20. The Labute approximate surface area is 118 Å². The molecule has 1 saturated carbocycles. The van der Waals surface area contributed by atoms with E-state index in [4.69, 9.17) is 0 Å². The molecular weight excluding hydrogens is 230 g/mol. The molecule has 0 amide bonds. The van der Waals surface area contributed by atoms with Crippen molar-refractivity contribution in [2.24, 2.45) is 5.92 Å². The van der Waals surface area contributed by atoms with Crippen LogP contribution in [0.5, 0.6) is 0 Å². The predicted octanol–water partition coefficient (Wildman–Crippen LogP) is 4.17. The number of nitrogens with zero attached hydrogens (tertiary/aromatic N) is 1. The summed E-state index contributed by atoms with van der Waals surface area (Å²) in [5.74, 6) is 7.33. The van der Waals surface area contributed by atoms with Gasteiger partial charge in [0.25, 0.3) is 0 Å². The van der Waals surface area contributed by atoms with Crippen molar-refractivity contribution in [3.05, 3.63) is 11.1 Å². The Kier molecular flexibility index (Phi) is 4.86. The highest BCUT2D eigenvalue weighted by Gasteiger charge is 2.51. The summed E-state index contributed by atoms with van der Waals surface area (Å²) >= 11 is 0. The Balaban J connectivity index is 1.73. The topological polar surface area (TPSA) is 3.01 Å². The number of allylic oxidation sites excluding steroid dienone is 2. The first-order valence-electron chi connectivity index (χ1n) is 7.88. The summed E-state index contributed by atoms with van der Waals surface area (Å²) < 4.78 is 2.23. The molecule has 0 aromatic carbocycles. The van der Waals surface area contributed by atoms with Crippen molar-refractivity contribution in [3.63, 3.8) is 0 Å². The van der Waals surface area contributed by atoms with E-state index in [1.165, 1.54) is 38.5 Å². The van der Waals surface area contributed by atoms with Crippen molar-refractivity contribution in [1.82, 2.24) is 0 Å². The lowest BCUT2D eigenvalue weighted by atomic mass is 9.85. The maximum Gasteiger partial charge on any atom is 0.224 e. The van der Waals surface area contributed by atoms with Gasteiger partial charge < -0.3 is 0 Å². The van der Waals surface area contributed by atoms with Gasteiger partial charge >= 0.3 is 0 Å². The second kappa shape index (κ2) is 6.42. The maximum absolute atomic E-state index is 4.08. The van der Waals surface area contributed by atoms with Crippen molar-refractivity contribution < 1.29 is 4.58 Å². The first-order chi connectivity index (χ1) is 9.13. The molecule has 1 aliphatic heterocycles. The Morgan fingerprint density at radius 2 is 2.16 bits per heavy atom. The Bertz CT molecular complexity index is 426. The molecule has 0 spiro atoms. The highest BCUT2D eigenvalue weighted by Crippen LogP contribution is 2.31. The first kappa shape index (κ1) is 14.4. The van der Waals surface area contributed by atoms with Crippen LogP contribution in [0.25, 0.3) is 0 Å². The Morgan fingerprint density at radius 3 is 2.74 bits per heavy atom. The third kappa shape index (κ3) is 3.72. The SMILES string of the molecule is C=[N+]1C(CC#CC(C)CC(C)=C2CCC2)C1CCC. The summed E-state index contributed by atoms with van der Waals surface area (Å²) in [6.45, 7) is 10.9. The van der Waals surface area contributed by atoms with E-state index in [-0.39, 0.29) is 0 Å². The predicted molar refractivity (Wildman–Crippen MR) is 82.6 cm³/mol. The zero-order valence-electron chi connectivity index (χ0n) is 12.8. The quantitative estimate of drug-likeness (QED) is 0.301. The van der Waals surface area contributed by atoms with Gasteiger partial charge in [0, 0.05) is 12.3 Å². The van der Waals surface area contributed by atoms with Gasteiger partial charge in [-0.15, -0.1) is 0 Å². The highest BCUT2D eigenvalue weighted by atomic mass is 15.2. The molecule has 1 aliphatic carbocycles. The molecule has 3 unspecified atom stereocenters. The van der Waals surface area contributed by atoms with Crippen molar-refractivity contribution in [2.75, 3.05) is 0 Å². The van der Waals surface area contributed by atoms with E-state index in [2.05, 4.69) is 43.9 Å². The lowest BCUT2D eigenvalue weighted by Crippen LogP contribution is -2.03. The van der Waals surface area contributed by atoms with Gasteiger partial charge in [-0.25, -0.2) is 4.58 Å². The average Bonchev–Trinajstić information content (AvgIpc) is 2.87. The minimum atomic E-state index is 0.509. The van der Waals surface area contributed by atoms with Crippen LogP contribution >= 0.6 is 0 Å². The van der Waals surface area contributed by atoms with Crippen LogP contribution in [-0.4, -0.2) is 23.4 Å². The number of rotatable bonds is 5. The lowest BCUT2D eigenvalue weighted by molar-refractivity contribution is -0.371. The largest absolute Gasteiger partial charge is 0.224 e. The molecular formula is C18H28N+. The maximum atomic E-state index is 4.08. The minimum Gasteiger partial charge on any atom is -0.223 e. The molecule has 2 rings (SSSR count). The van der Waals surface area contributed by atoms with E-state index in [0.29, 0.717) is 18.0 Å². The van der Waals surface area contributed by atoms with Gasteiger partial charge in [0.2, 0.25) is 12.1 Å². The molecule has 2 aliphatic rings. The molecule has 3 atom stereocenters. The summed E-state index contributed by atoms with van der Waals surface area (Å²) in [5.41, 5.74) is 3.30. The zero-order chi connectivity index (χ0) is 13.8. The summed E-state index contributed by atoms with van der Waals surface area (Å²) in [6, 6.07) is 1.33. The number of hydrogen-bond acceptors (Lipinski definition) is 0. The standard InChI is InChI=1S/C18H28N/c1-5-8-17-18(19(17)4)12-6-9-14(2)13-15(3)16-10-7-11-16/h14,17-18H,4-5,7-8,10-13H2,1-3H3/q+1. The van der Waals surface area contributed by atoms with Crippen molar-refractivity contribution >= 4 is 6.72 Å². The molecule has 1 heteroatoms. The van der Waals surface area contributed by atoms with Crippen LogP contribution in [0.4, 0.5) is 0 Å². The van der Waals surface area contributed by atoms with Crippen LogP contribution in [0.3, 0.4) is 0 Å². The molecule has 19 heavy (non-hydrogen) atoms. The van der Waals surface area contributed by atoms with Gasteiger partial charge in [0.1, 0.15) is 6.72 Å². The highest BCUT2D eigenvalue weighted by molar-refractivity contribution is 5.21. The molecule has 0 aromatic rings. The zero-order valence-corrected chi connectivity index (χ0v) is 12.8. The molecule has 1 saturated heterocycles. The summed E-state index contributed by atoms with van der Waals surface area (Å²) in [7, 11) is 0. The van der Waals surface area contributed by atoms with E-state index in [0.717, 1.165) is 6.42 Å². The Hall–Kier alpha value is -1.03. The third-order valence-corrected chi connectivity index (χ3v) is 4.62. The minimum absolute atomic E-state index is 0.509. The molecule has 0 N–H and O–H groups in total. The van der Waals surface area contributed by atoms with Crippen molar-refractivity contribution in [3.8, 4) is 11.8 Å². The molecule has 1 nitrogen and oxygen atoms in total. The molecule has 2 fully saturated rings. The Morgan fingerprint density at radius 1 is 1.42 bits per heavy atom. The molecule has 0 bridgehead atoms. The van der Waals surface area contributed by atoms with Crippen LogP contribution in [0.15, 0.2) is 11.1 Å². The second-order valence-corrected chi connectivity index (χ2v) is 6.31. The van der Waals surface area contributed by atoms with Crippen LogP contribution in [0.1, 0.15) is 65.7 Å². The van der Waals surface area contributed by atoms with Crippen LogP contribution in [0, 0.1) is 17.8 Å². The van der Waals surface area contributed by atoms with Gasteiger partial charge in [0.15, 0.2) is 0 Å². The van der Waals surface area contributed by atoms with Crippen LogP contribution < -0.4 is 0 Å². The molecule has 0 aromatic heterocycles. The van der Waals surface area contributed by atoms with Crippen LogP contribution in [0.2, 0.25) is 0 Å². The average molecular weight is 258 g/mol. The fourth-order valence-corrected chi connectivity index (χ4v) is 3.07. The molecule has 1 heterocycles. The van der Waals surface area contributed by atoms with Crippen molar-refractivity contribution in [1.29, 1.82) is 0 Å². The molecule has 0 radical (unpaired) electrons. The fraction of sp³-hybridized carbons (Fsp3) is 0.722. The van der Waals surface area contributed by atoms with Gasteiger partial charge in [-0.05, 0) is 39.0 Å². The second-order valence-electron chi connectivity index (χ2n) is 6.31. The number of hydrogen-bond donors (Lipinski definition) is 0. The van der Waals surface area contributed by atoms with Gasteiger partial charge in [-0.1, -0.05) is 36.8 Å². The van der Waals surface area contributed by atoms with E-state index >= 15 is 0 Å². The third-order valence-electron chi connectivity index (χ3n) is 4.62. The normalized spacial score (nSPS) is 26.3. The van der Waals surface area contributed by atoms with Gasteiger partial charge in [-0.2, -0.15) is 0 Å². The molecule has 104 valence electrons.